The van der Waals surface area contributed by atoms with Gasteiger partial charge in [0.2, 0.25) is 0 Å². The van der Waals surface area contributed by atoms with Crippen molar-refractivity contribution in [3.63, 3.8) is 0 Å². The first-order valence-corrected chi connectivity index (χ1v) is 42.8. The van der Waals surface area contributed by atoms with Crippen LogP contribution < -0.4 is 0 Å². The Morgan fingerprint density at radius 1 is 0.253 bits per heavy atom. The highest BCUT2D eigenvalue weighted by atomic mass is 31.2. The third-order valence-corrected chi connectivity index (χ3v) is 19.8. The van der Waals surface area contributed by atoms with Gasteiger partial charge in [0.1, 0.15) is 19.3 Å². The Balaban J connectivity index is 5.11. The first-order chi connectivity index (χ1) is 46.2. The van der Waals surface area contributed by atoms with E-state index < -0.39 is 97.5 Å². The summed E-state index contributed by atoms with van der Waals surface area (Å²) in [6, 6.07) is 0. The second-order valence-electron chi connectivity index (χ2n) is 27.4. The van der Waals surface area contributed by atoms with Gasteiger partial charge in [-0.15, -0.1) is 0 Å². The molecule has 0 fully saturated rings. The van der Waals surface area contributed by atoms with Gasteiger partial charge in [0.05, 0.1) is 26.4 Å². The van der Waals surface area contributed by atoms with Crippen LogP contribution in [-0.4, -0.2) is 96.7 Å². The minimum Gasteiger partial charge on any atom is -0.462 e. The maximum absolute atomic E-state index is 13.1. The monoisotopic (exact) mass is 1400 g/mol. The fraction of sp³-hybridized carbons (Fsp3) is 0.947. The number of esters is 4. The summed E-state index contributed by atoms with van der Waals surface area (Å²) in [6.07, 6.45) is 61.6. The van der Waals surface area contributed by atoms with Crippen molar-refractivity contribution in [1.82, 2.24) is 0 Å². The molecule has 0 rings (SSSR count). The van der Waals surface area contributed by atoms with E-state index in [2.05, 4.69) is 27.7 Å². The Bertz CT molecular complexity index is 1810. The summed E-state index contributed by atoms with van der Waals surface area (Å²) in [4.78, 5) is 72.5. The van der Waals surface area contributed by atoms with Gasteiger partial charge < -0.3 is 33.8 Å². The molecule has 0 aliphatic carbocycles. The van der Waals surface area contributed by atoms with Gasteiger partial charge in [-0.1, -0.05) is 355 Å². The molecule has 0 aromatic heterocycles. The van der Waals surface area contributed by atoms with Crippen LogP contribution in [0.4, 0.5) is 0 Å². The van der Waals surface area contributed by atoms with E-state index in [1.54, 1.807) is 0 Å². The summed E-state index contributed by atoms with van der Waals surface area (Å²) in [5.41, 5.74) is 0. The average Bonchev–Trinajstić information content (AvgIpc) is 1.55. The Morgan fingerprint density at radius 3 is 0.621 bits per heavy atom. The zero-order valence-corrected chi connectivity index (χ0v) is 63.4. The first kappa shape index (κ1) is 93.1. The van der Waals surface area contributed by atoms with Crippen LogP contribution >= 0.6 is 15.6 Å². The summed E-state index contributed by atoms with van der Waals surface area (Å²) >= 11 is 0. The van der Waals surface area contributed by atoms with E-state index in [4.69, 9.17) is 37.0 Å². The molecule has 0 heterocycles. The van der Waals surface area contributed by atoms with E-state index in [-0.39, 0.29) is 25.7 Å². The van der Waals surface area contributed by atoms with Gasteiger partial charge in [0, 0.05) is 25.7 Å². The van der Waals surface area contributed by atoms with Crippen molar-refractivity contribution in [2.24, 2.45) is 0 Å². The number of ether oxygens (including phenoxy) is 4. The molecule has 0 radical (unpaired) electrons. The number of carbonyl (C=O) groups is 4. The summed E-state index contributed by atoms with van der Waals surface area (Å²) in [5, 5.41) is 10.6. The maximum atomic E-state index is 13.1. The highest BCUT2D eigenvalue weighted by molar-refractivity contribution is 7.47. The predicted octanol–water partition coefficient (Wildman–Crippen LogP) is 22.6. The molecule has 0 amide bonds. The lowest BCUT2D eigenvalue weighted by Gasteiger charge is -2.21. The molecule has 17 nitrogen and oxygen atoms in total. The number of carbonyl (C=O) groups excluding carboxylic acids is 4. The van der Waals surface area contributed by atoms with Gasteiger partial charge in [0.25, 0.3) is 0 Å². The van der Waals surface area contributed by atoms with E-state index in [1.807, 2.05) is 0 Å². The van der Waals surface area contributed by atoms with E-state index in [9.17, 15) is 43.2 Å². The number of aliphatic hydroxyl groups is 1. The van der Waals surface area contributed by atoms with Crippen molar-refractivity contribution in [2.75, 3.05) is 39.6 Å². The van der Waals surface area contributed by atoms with E-state index >= 15 is 0 Å². The number of phosphoric acid groups is 2. The molecule has 0 aromatic carbocycles. The van der Waals surface area contributed by atoms with Gasteiger partial charge in [-0.3, -0.25) is 37.3 Å². The molecule has 0 bridgehead atoms. The summed E-state index contributed by atoms with van der Waals surface area (Å²) in [7, 11) is -9.90. The zero-order chi connectivity index (χ0) is 69.7. The highest BCUT2D eigenvalue weighted by Crippen LogP contribution is 2.45. The molecular weight excluding hydrogens is 1250 g/mol. The molecule has 0 spiro atoms. The summed E-state index contributed by atoms with van der Waals surface area (Å²) in [5.74, 6) is -2.12. The van der Waals surface area contributed by atoms with Crippen LogP contribution in [0.25, 0.3) is 0 Å². The molecular formula is C76H148O17P2. The lowest BCUT2D eigenvalue weighted by molar-refractivity contribution is -0.161. The number of hydrogen-bond acceptors (Lipinski definition) is 15. The minimum atomic E-state index is -4.95. The van der Waals surface area contributed by atoms with Gasteiger partial charge in [0.15, 0.2) is 12.2 Å². The van der Waals surface area contributed by atoms with E-state index in [0.29, 0.717) is 25.7 Å². The van der Waals surface area contributed by atoms with Crippen LogP contribution in [-0.2, 0) is 65.4 Å². The fourth-order valence-corrected chi connectivity index (χ4v) is 13.3. The van der Waals surface area contributed by atoms with Crippen LogP contribution in [0, 0.1) is 0 Å². The Kier molecular flexibility index (Phi) is 69.1. The van der Waals surface area contributed by atoms with Crippen molar-refractivity contribution in [2.45, 2.75) is 425 Å². The highest BCUT2D eigenvalue weighted by Gasteiger charge is 2.30. The van der Waals surface area contributed by atoms with Crippen LogP contribution in [0.2, 0.25) is 0 Å². The van der Waals surface area contributed by atoms with Crippen molar-refractivity contribution in [3.05, 3.63) is 0 Å². The molecule has 19 heteroatoms. The molecule has 0 saturated heterocycles. The Hall–Kier alpha value is -1.94. The third kappa shape index (κ3) is 70.3. The number of rotatable bonds is 77. The Morgan fingerprint density at radius 2 is 0.421 bits per heavy atom. The van der Waals surface area contributed by atoms with Crippen LogP contribution in [0.5, 0.6) is 0 Å². The van der Waals surface area contributed by atoms with Crippen molar-refractivity contribution in [3.8, 4) is 0 Å². The smallest absolute Gasteiger partial charge is 0.462 e. The molecule has 2 unspecified atom stereocenters. The predicted molar refractivity (Wildman–Crippen MR) is 386 cm³/mol. The zero-order valence-electron chi connectivity index (χ0n) is 61.6. The van der Waals surface area contributed by atoms with Crippen molar-refractivity contribution < 1.29 is 80.2 Å². The van der Waals surface area contributed by atoms with Crippen molar-refractivity contribution >= 4 is 39.5 Å². The summed E-state index contributed by atoms with van der Waals surface area (Å²) in [6.45, 7) is 4.89. The van der Waals surface area contributed by atoms with Gasteiger partial charge in [-0.25, -0.2) is 9.13 Å². The normalized spacial score (nSPS) is 13.9. The quantitative estimate of drug-likeness (QED) is 0.0222. The Labute approximate surface area is 581 Å². The lowest BCUT2D eigenvalue weighted by Crippen LogP contribution is -2.30. The van der Waals surface area contributed by atoms with Gasteiger partial charge in [-0.2, -0.15) is 0 Å². The van der Waals surface area contributed by atoms with Gasteiger partial charge >= 0.3 is 39.5 Å². The average molecular weight is 1400 g/mol. The van der Waals surface area contributed by atoms with Crippen LogP contribution in [0.1, 0.15) is 407 Å². The SMILES string of the molecule is CCCCCCCCCCCCCCCCCCCCCCC(=O)O[C@H](COC(=O)CCCCCCCCCCCCCCCCCCCCC)COP(=O)(O)OC[C@@H](O)COP(=O)(O)OC[C@@H](COC(=O)CCCCCCC)OC(=O)CCCCCCCCCCCCC. The number of phosphoric ester groups is 2. The molecule has 0 aliphatic heterocycles. The number of aliphatic hydroxyl groups excluding tert-OH is 1. The summed E-state index contributed by atoms with van der Waals surface area (Å²) < 4.78 is 68.3. The molecule has 5 atom stereocenters. The molecule has 0 aliphatic rings. The molecule has 95 heavy (non-hydrogen) atoms. The second-order valence-corrected chi connectivity index (χ2v) is 30.3. The maximum Gasteiger partial charge on any atom is 0.472 e. The standard InChI is InChI=1S/C76H148O17P2/c1-5-9-13-17-20-23-26-28-30-32-34-36-38-40-42-45-48-51-55-59-63-76(81)93-72(67-87-74(79)61-57-53-49-46-44-41-39-37-35-33-31-29-27-24-21-18-14-10-6-2)69-91-95(84,85)89-65-70(77)64-88-94(82,83)90-68-71(66-86-73(78)60-56-52-16-12-8-4)92-75(80)62-58-54-50-47-43-25-22-19-15-11-7-3/h70-72,77H,5-69H2,1-4H3,(H,82,83)(H,84,85)/t70-,71+,72+/m0/s1. The second kappa shape index (κ2) is 70.5. The molecule has 3 N–H and O–H groups in total. The van der Waals surface area contributed by atoms with E-state index in [0.717, 1.165) is 96.3 Å². The topological polar surface area (TPSA) is 237 Å². The molecule has 564 valence electrons. The first-order valence-electron chi connectivity index (χ1n) is 39.8. The number of unbranched alkanes of at least 4 members (excludes halogenated alkanes) is 51. The lowest BCUT2D eigenvalue weighted by atomic mass is 10.0. The van der Waals surface area contributed by atoms with Crippen LogP contribution in [0.3, 0.4) is 0 Å². The molecule has 0 saturated carbocycles. The van der Waals surface area contributed by atoms with Crippen LogP contribution in [0.15, 0.2) is 0 Å². The number of hydrogen-bond donors (Lipinski definition) is 3. The fourth-order valence-electron chi connectivity index (χ4n) is 11.8. The largest absolute Gasteiger partial charge is 0.472 e. The van der Waals surface area contributed by atoms with E-state index in [1.165, 1.54) is 231 Å². The third-order valence-electron chi connectivity index (χ3n) is 17.9. The minimum absolute atomic E-state index is 0.107. The van der Waals surface area contributed by atoms with Gasteiger partial charge in [-0.05, 0) is 25.7 Å². The van der Waals surface area contributed by atoms with Crippen molar-refractivity contribution in [1.29, 1.82) is 0 Å². The molecule has 0 aromatic rings.